The van der Waals surface area contributed by atoms with Crippen LogP contribution in [-0.2, 0) is 15.9 Å². The fraction of sp³-hybridized carbons (Fsp3) is 0.478. The van der Waals surface area contributed by atoms with Gasteiger partial charge in [0.2, 0.25) is 5.79 Å². The highest BCUT2D eigenvalue weighted by Crippen LogP contribution is 2.36. The summed E-state index contributed by atoms with van der Waals surface area (Å²) in [6.45, 7) is 7.73. The highest BCUT2D eigenvalue weighted by atomic mass is 35.5. The minimum absolute atomic E-state index is 0.166. The normalized spacial score (nSPS) is 29.7. The molecular weight excluding hydrogens is 424 g/mol. The van der Waals surface area contributed by atoms with Crippen LogP contribution < -0.4 is 4.74 Å². The second kappa shape index (κ2) is 11.2. The molecule has 2 rings (SSSR count). The molecule has 0 saturated carbocycles. The van der Waals surface area contributed by atoms with Crippen LogP contribution in [-0.4, -0.2) is 71.0 Å². The third-order valence-electron chi connectivity index (χ3n) is 5.24. The topological polar surface area (TPSA) is 109 Å². The molecule has 172 valence electrons. The van der Waals surface area contributed by atoms with E-state index in [-0.39, 0.29) is 5.57 Å². The smallest absolute Gasteiger partial charge is 0.224 e. The maximum absolute atomic E-state index is 10.5. The number of hydrogen-bond acceptors (Lipinski definition) is 7. The zero-order valence-corrected chi connectivity index (χ0v) is 18.7. The molecule has 1 aliphatic rings. The molecule has 1 aromatic rings. The molecule has 1 aromatic carbocycles. The molecule has 0 bridgehead atoms. The summed E-state index contributed by atoms with van der Waals surface area (Å²) in [6.07, 6.45) is -2.13. The second-order valence-electron chi connectivity index (χ2n) is 7.38. The van der Waals surface area contributed by atoms with Crippen molar-refractivity contribution in [1.82, 2.24) is 0 Å². The molecule has 0 unspecified atom stereocenters. The molecule has 0 amide bonds. The minimum Gasteiger partial charge on any atom is -0.494 e. The van der Waals surface area contributed by atoms with Crippen LogP contribution in [0.2, 0.25) is 0 Å². The fourth-order valence-electron chi connectivity index (χ4n) is 3.40. The quantitative estimate of drug-likeness (QED) is 0.423. The van der Waals surface area contributed by atoms with Crippen molar-refractivity contribution in [1.29, 1.82) is 0 Å². The SMILES string of the molecule is C=C(/C=C\C(Cl)=C(/C)Cc1ccc(OCC)cc1)[C@]1(OC)O[C@H](CO)[C@@H](O)[C@H](O)[C@H]1O. The molecule has 4 N–H and O–H groups in total. The Morgan fingerprint density at radius 3 is 2.39 bits per heavy atom. The van der Waals surface area contributed by atoms with Crippen molar-refractivity contribution in [2.24, 2.45) is 0 Å². The highest BCUT2D eigenvalue weighted by molar-refractivity contribution is 6.31. The van der Waals surface area contributed by atoms with E-state index in [0.29, 0.717) is 18.1 Å². The van der Waals surface area contributed by atoms with Gasteiger partial charge in [0, 0.05) is 17.7 Å². The minimum atomic E-state index is -1.84. The van der Waals surface area contributed by atoms with Gasteiger partial charge in [-0.2, -0.15) is 0 Å². The van der Waals surface area contributed by atoms with Gasteiger partial charge in [-0.25, -0.2) is 0 Å². The summed E-state index contributed by atoms with van der Waals surface area (Å²) in [6, 6.07) is 7.74. The number of hydrogen-bond donors (Lipinski definition) is 4. The summed E-state index contributed by atoms with van der Waals surface area (Å²) >= 11 is 6.43. The number of benzene rings is 1. The van der Waals surface area contributed by atoms with Gasteiger partial charge in [-0.3, -0.25) is 0 Å². The lowest BCUT2D eigenvalue weighted by molar-refractivity contribution is -0.338. The van der Waals surface area contributed by atoms with Crippen molar-refractivity contribution in [3.05, 3.63) is 64.7 Å². The number of rotatable bonds is 9. The van der Waals surface area contributed by atoms with E-state index in [1.54, 1.807) is 6.08 Å². The van der Waals surface area contributed by atoms with Crippen LogP contribution >= 0.6 is 11.6 Å². The van der Waals surface area contributed by atoms with E-state index in [1.807, 2.05) is 38.1 Å². The summed E-state index contributed by atoms with van der Waals surface area (Å²) in [5.41, 5.74) is 2.13. The molecule has 0 spiro atoms. The average molecular weight is 455 g/mol. The number of methoxy groups -OCH3 is 1. The Labute approximate surface area is 187 Å². The van der Waals surface area contributed by atoms with Crippen LogP contribution in [0, 0.1) is 0 Å². The van der Waals surface area contributed by atoms with Gasteiger partial charge >= 0.3 is 0 Å². The Kier molecular flexibility index (Phi) is 9.27. The third-order valence-corrected chi connectivity index (χ3v) is 5.69. The van der Waals surface area contributed by atoms with Gasteiger partial charge in [-0.15, -0.1) is 0 Å². The Balaban J connectivity index is 2.16. The molecule has 1 heterocycles. The van der Waals surface area contributed by atoms with Gasteiger partial charge in [0.05, 0.1) is 13.2 Å². The fourth-order valence-corrected chi connectivity index (χ4v) is 3.53. The van der Waals surface area contributed by atoms with E-state index in [1.165, 1.54) is 13.2 Å². The van der Waals surface area contributed by atoms with Crippen molar-refractivity contribution < 1.29 is 34.6 Å². The van der Waals surface area contributed by atoms with E-state index in [9.17, 15) is 20.4 Å². The molecule has 0 aromatic heterocycles. The number of ether oxygens (including phenoxy) is 3. The first kappa shape index (κ1) is 25.5. The maximum atomic E-state index is 10.5. The van der Waals surface area contributed by atoms with E-state index in [2.05, 4.69) is 6.58 Å². The van der Waals surface area contributed by atoms with Gasteiger partial charge in [-0.1, -0.05) is 42.0 Å². The number of halogens is 1. The molecule has 1 aliphatic heterocycles. The molecule has 31 heavy (non-hydrogen) atoms. The molecule has 8 heteroatoms. The molecule has 0 radical (unpaired) electrons. The predicted molar refractivity (Wildman–Crippen MR) is 118 cm³/mol. The predicted octanol–water partition coefficient (Wildman–Crippen LogP) is 2.07. The van der Waals surface area contributed by atoms with Crippen molar-refractivity contribution in [3.8, 4) is 5.75 Å². The summed E-state index contributed by atoms with van der Waals surface area (Å²) in [4.78, 5) is 0. The first-order valence-corrected chi connectivity index (χ1v) is 10.4. The standard InChI is InChI=1S/C23H31ClO7/c1-5-30-17-9-7-16(8-10-17)12-14(2)18(24)11-6-15(3)23(29-4)22(28)21(27)20(26)19(13-25)31-23/h6-11,19-22,25-28H,3,5,12-13H2,1-2,4H3/b11-6-,18-14-/t19-,20-,21+,22-,23+/m1/s1. The van der Waals surface area contributed by atoms with E-state index < -0.39 is 36.8 Å². The van der Waals surface area contributed by atoms with Gasteiger partial charge in [0.25, 0.3) is 0 Å². The number of allylic oxidation sites excluding steroid dienone is 3. The van der Waals surface area contributed by atoms with Crippen molar-refractivity contribution >= 4 is 11.6 Å². The summed E-state index contributed by atoms with van der Waals surface area (Å²) in [5.74, 6) is -1.04. The molecule has 7 nitrogen and oxygen atoms in total. The van der Waals surface area contributed by atoms with Crippen LogP contribution in [0.1, 0.15) is 19.4 Å². The summed E-state index contributed by atoms with van der Waals surface area (Å²) < 4.78 is 16.4. The van der Waals surface area contributed by atoms with Crippen LogP contribution in [0.5, 0.6) is 5.75 Å². The van der Waals surface area contributed by atoms with Crippen LogP contribution in [0.3, 0.4) is 0 Å². The Bertz CT molecular complexity index is 803. The van der Waals surface area contributed by atoms with Gasteiger partial charge in [0.1, 0.15) is 30.2 Å². The lowest BCUT2D eigenvalue weighted by Crippen LogP contribution is -2.66. The van der Waals surface area contributed by atoms with Crippen molar-refractivity contribution in [2.45, 2.75) is 50.5 Å². The summed E-state index contributed by atoms with van der Waals surface area (Å²) in [5, 5.41) is 40.5. The van der Waals surface area contributed by atoms with Gasteiger partial charge in [0.15, 0.2) is 0 Å². The first-order chi connectivity index (χ1) is 14.7. The van der Waals surface area contributed by atoms with E-state index in [4.69, 9.17) is 25.8 Å². The molecule has 5 atom stereocenters. The lowest BCUT2D eigenvalue weighted by atomic mass is 9.88. The molecule has 0 aliphatic carbocycles. The maximum Gasteiger partial charge on any atom is 0.224 e. The third kappa shape index (κ3) is 5.75. The number of aliphatic hydroxyl groups excluding tert-OH is 4. The van der Waals surface area contributed by atoms with E-state index >= 15 is 0 Å². The largest absolute Gasteiger partial charge is 0.494 e. The average Bonchev–Trinajstić information content (AvgIpc) is 2.77. The Morgan fingerprint density at radius 1 is 1.19 bits per heavy atom. The molecule has 1 saturated heterocycles. The molecular formula is C23H31ClO7. The lowest BCUT2D eigenvalue weighted by Gasteiger charge is -2.47. The second-order valence-corrected chi connectivity index (χ2v) is 7.78. The summed E-state index contributed by atoms with van der Waals surface area (Å²) in [7, 11) is 1.27. The van der Waals surface area contributed by atoms with Gasteiger partial charge in [-0.05, 0) is 44.0 Å². The Morgan fingerprint density at radius 2 is 1.84 bits per heavy atom. The molecule has 1 fully saturated rings. The van der Waals surface area contributed by atoms with Crippen LogP contribution in [0.4, 0.5) is 0 Å². The van der Waals surface area contributed by atoms with E-state index in [0.717, 1.165) is 16.9 Å². The zero-order chi connectivity index (χ0) is 23.2. The first-order valence-electron chi connectivity index (χ1n) is 10.0. The zero-order valence-electron chi connectivity index (χ0n) is 18.0. The Hall–Kier alpha value is -1.71. The van der Waals surface area contributed by atoms with Crippen molar-refractivity contribution in [2.75, 3.05) is 20.3 Å². The van der Waals surface area contributed by atoms with Crippen LogP contribution in [0.25, 0.3) is 0 Å². The van der Waals surface area contributed by atoms with Gasteiger partial charge < -0.3 is 34.6 Å². The monoisotopic (exact) mass is 454 g/mol. The van der Waals surface area contributed by atoms with Crippen molar-refractivity contribution in [3.63, 3.8) is 0 Å². The number of aliphatic hydroxyl groups is 4. The van der Waals surface area contributed by atoms with Crippen LogP contribution in [0.15, 0.2) is 59.2 Å². The highest BCUT2D eigenvalue weighted by Gasteiger charge is 2.55.